The third kappa shape index (κ3) is 3.86. The molecule has 0 saturated carbocycles. The van der Waals surface area contributed by atoms with Crippen LogP contribution in [0.2, 0.25) is 0 Å². The standard InChI is InChI=1S/C22H29N5O/c1-7-26-17(6)24-20-11-18(8-9-21(20)26)22(28)25-23-12-19-10-15(4)27(16(19)5)13-14(2)3/h8-12,14H,7,13H2,1-6H3,(H,25,28). The summed E-state index contributed by atoms with van der Waals surface area (Å²) < 4.78 is 4.41. The van der Waals surface area contributed by atoms with Crippen LogP contribution in [0.15, 0.2) is 29.4 Å². The van der Waals surface area contributed by atoms with Gasteiger partial charge < -0.3 is 9.13 Å². The zero-order valence-electron chi connectivity index (χ0n) is 17.6. The van der Waals surface area contributed by atoms with Crippen LogP contribution in [0.5, 0.6) is 0 Å². The number of nitrogens with zero attached hydrogens (tertiary/aromatic N) is 4. The van der Waals surface area contributed by atoms with Crippen LogP contribution in [0, 0.1) is 26.7 Å². The van der Waals surface area contributed by atoms with E-state index >= 15 is 0 Å². The van der Waals surface area contributed by atoms with Crippen molar-refractivity contribution >= 4 is 23.2 Å². The number of carbonyl (C=O) groups is 1. The molecule has 0 atom stereocenters. The number of aryl methyl sites for hydroxylation is 3. The summed E-state index contributed by atoms with van der Waals surface area (Å²) in [6.45, 7) is 14.5. The molecule has 6 nitrogen and oxygen atoms in total. The lowest BCUT2D eigenvalue weighted by atomic mass is 10.2. The molecule has 1 amide bonds. The largest absolute Gasteiger partial charge is 0.348 e. The van der Waals surface area contributed by atoms with Gasteiger partial charge in [-0.25, -0.2) is 10.4 Å². The Kier molecular flexibility index (Phi) is 5.68. The fourth-order valence-corrected chi connectivity index (χ4v) is 3.62. The molecule has 3 rings (SSSR count). The third-order valence-electron chi connectivity index (χ3n) is 5.05. The van der Waals surface area contributed by atoms with Crippen molar-refractivity contribution in [2.75, 3.05) is 0 Å². The predicted octanol–water partition coefficient (Wildman–Crippen LogP) is 4.20. The Morgan fingerprint density at radius 1 is 1.21 bits per heavy atom. The molecule has 2 aromatic heterocycles. The highest BCUT2D eigenvalue weighted by molar-refractivity contribution is 5.98. The molecule has 0 fully saturated rings. The normalized spacial score (nSPS) is 11.8. The van der Waals surface area contributed by atoms with E-state index in [9.17, 15) is 4.79 Å². The van der Waals surface area contributed by atoms with Gasteiger partial charge in [0.15, 0.2) is 0 Å². The maximum Gasteiger partial charge on any atom is 0.271 e. The van der Waals surface area contributed by atoms with E-state index in [0.29, 0.717) is 11.5 Å². The molecular weight excluding hydrogens is 350 g/mol. The van der Waals surface area contributed by atoms with Crippen molar-refractivity contribution in [3.63, 3.8) is 0 Å². The number of amides is 1. The van der Waals surface area contributed by atoms with Crippen LogP contribution in [-0.4, -0.2) is 26.2 Å². The summed E-state index contributed by atoms with van der Waals surface area (Å²) in [7, 11) is 0. The summed E-state index contributed by atoms with van der Waals surface area (Å²) in [6.07, 6.45) is 1.71. The highest BCUT2D eigenvalue weighted by atomic mass is 16.2. The minimum absolute atomic E-state index is 0.238. The van der Waals surface area contributed by atoms with Gasteiger partial charge >= 0.3 is 0 Å². The minimum Gasteiger partial charge on any atom is -0.348 e. The molecule has 6 heteroatoms. The van der Waals surface area contributed by atoms with Crippen LogP contribution in [0.25, 0.3) is 11.0 Å². The molecule has 3 aromatic rings. The molecule has 0 bridgehead atoms. The summed E-state index contributed by atoms with van der Waals surface area (Å²) in [6, 6.07) is 7.67. The van der Waals surface area contributed by atoms with Crippen molar-refractivity contribution in [2.24, 2.45) is 11.0 Å². The van der Waals surface area contributed by atoms with Crippen molar-refractivity contribution in [3.05, 3.63) is 52.6 Å². The lowest BCUT2D eigenvalue weighted by molar-refractivity contribution is 0.0955. The summed E-state index contributed by atoms with van der Waals surface area (Å²) >= 11 is 0. The van der Waals surface area contributed by atoms with Crippen LogP contribution in [0.1, 0.15) is 53.9 Å². The van der Waals surface area contributed by atoms with Gasteiger partial charge in [0, 0.05) is 35.6 Å². The molecule has 2 heterocycles. The van der Waals surface area contributed by atoms with Crippen LogP contribution in [0.3, 0.4) is 0 Å². The summed E-state index contributed by atoms with van der Waals surface area (Å²) in [5.41, 5.74) is 8.43. The van der Waals surface area contributed by atoms with E-state index in [1.165, 1.54) is 5.69 Å². The minimum atomic E-state index is -0.238. The smallest absolute Gasteiger partial charge is 0.271 e. The number of nitrogens with one attached hydrogen (secondary N) is 1. The Hall–Kier alpha value is -2.89. The van der Waals surface area contributed by atoms with E-state index in [0.717, 1.165) is 41.2 Å². The lowest BCUT2D eigenvalue weighted by Crippen LogP contribution is -2.17. The zero-order chi connectivity index (χ0) is 20.4. The molecule has 0 saturated heterocycles. The van der Waals surface area contributed by atoms with Crippen molar-refractivity contribution < 1.29 is 4.79 Å². The van der Waals surface area contributed by atoms with E-state index in [4.69, 9.17) is 0 Å². The van der Waals surface area contributed by atoms with Gasteiger partial charge in [0.1, 0.15) is 5.82 Å². The average molecular weight is 380 g/mol. The van der Waals surface area contributed by atoms with Crippen LogP contribution >= 0.6 is 0 Å². The predicted molar refractivity (Wildman–Crippen MR) is 114 cm³/mol. The molecule has 0 aliphatic rings. The second-order valence-electron chi connectivity index (χ2n) is 7.64. The number of hydrogen-bond acceptors (Lipinski definition) is 3. The highest BCUT2D eigenvalue weighted by Gasteiger charge is 2.11. The molecule has 148 valence electrons. The maximum atomic E-state index is 12.5. The molecule has 0 spiro atoms. The van der Waals surface area contributed by atoms with Gasteiger partial charge in [-0.2, -0.15) is 5.10 Å². The molecular formula is C22H29N5O. The first-order valence-corrected chi connectivity index (χ1v) is 9.78. The van der Waals surface area contributed by atoms with E-state index in [-0.39, 0.29) is 5.91 Å². The van der Waals surface area contributed by atoms with Crippen LogP contribution in [0.4, 0.5) is 0 Å². The molecule has 0 unspecified atom stereocenters. The number of benzene rings is 1. The Bertz CT molecular complexity index is 1040. The number of imidazole rings is 1. The van der Waals surface area contributed by atoms with Crippen molar-refractivity contribution in [1.29, 1.82) is 0 Å². The molecule has 0 aliphatic carbocycles. The second kappa shape index (κ2) is 8.00. The molecule has 28 heavy (non-hydrogen) atoms. The first-order valence-electron chi connectivity index (χ1n) is 9.78. The number of hydrazone groups is 1. The fraction of sp³-hybridized carbons (Fsp3) is 0.409. The monoisotopic (exact) mass is 379 g/mol. The lowest BCUT2D eigenvalue weighted by Gasteiger charge is -2.11. The highest BCUT2D eigenvalue weighted by Crippen LogP contribution is 2.18. The topological polar surface area (TPSA) is 64.2 Å². The van der Waals surface area contributed by atoms with E-state index in [1.54, 1.807) is 6.21 Å². The molecule has 0 radical (unpaired) electrons. The number of carbonyl (C=O) groups excluding carboxylic acids is 1. The Balaban J connectivity index is 1.74. The molecule has 1 aromatic carbocycles. The van der Waals surface area contributed by atoms with Crippen LogP contribution < -0.4 is 5.43 Å². The van der Waals surface area contributed by atoms with Gasteiger partial charge in [0.25, 0.3) is 5.91 Å². The Morgan fingerprint density at radius 3 is 2.64 bits per heavy atom. The number of fused-ring (bicyclic) bond motifs is 1. The van der Waals surface area contributed by atoms with Crippen molar-refractivity contribution in [1.82, 2.24) is 19.5 Å². The molecule has 1 N–H and O–H groups in total. The van der Waals surface area contributed by atoms with Gasteiger partial charge in [-0.3, -0.25) is 4.79 Å². The second-order valence-corrected chi connectivity index (χ2v) is 7.64. The molecule has 0 aliphatic heterocycles. The van der Waals surface area contributed by atoms with E-state index in [2.05, 4.69) is 65.3 Å². The van der Waals surface area contributed by atoms with Gasteiger partial charge in [0.2, 0.25) is 0 Å². The third-order valence-corrected chi connectivity index (χ3v) is 5.05. The number of aromatic nitrogens is 3. The van der Waals surface area contributed by atoms with Gasteiger partial charge in [-0.15, -0.1) is 0 Å². The van der Waals surface area contributed by atoms with E-state index < -0.39 is 0 Å². The average Bonchev–Trinajstić information content (AvgIpc) is 3.10. The fourth-order valence-electron chi connectivity index (χ4n) is 3.62. The zero-order valence-corrected chi connectivity index (χ0v) is 17.6. The Labute approximate surface area is 166 Å². The van der Waals surface area contributed by atoms with Gasteiger partial charge in [-0.05, 0) is 57.9 Å². The van der Waals surface area contributed by atoms with Crippen molar-refractivity contribution in [3.8, 4) is 0 Å². The Morgan fingerprint density at radius 2 is 1.96 bits per heavy atom. The summed E-state index contributed by atoms with van der Waals surface area (Å²) in [5.74, 6) is 1.28. The van der Waals surface area contributed by atoms with E-state index in [1.807, 2.05) is 25.1 Å². The summed E-state index contributed by atoms with van der Waals surface area (Å²) in [4.78, 5) is 17.0. The van der Waals surface area contributed by atoms with Gasteiger partial charge in [0.05, 0.1) is 17.2 Å². The van der Waals surface area contributed by atoms with Gasteiger partial charge in [-0.1, -0.05) is 13.8 Å². The maximum absolute atomic E-state index is 12.5. The van der Waals surface area contributed by atoms with Crippen LogP contribution in [-0.2, 0) is 13.1 Å². The first kappa shape index (κ1) is 19.9. The summed E-state index contributed by atoms with van der Waals surface area (Å²) in [5, 5.41) is 4.17. The SMILES string of the molecule is CCn1c(C)nc2cc(C(=O)NN=Cc3cc(C)n(CC(C)C)c3C)ccc21. The first-order chi connectivity index (χ1) is 13.3. The quantitative estimate of drug-likeness (QED) is 0.515. The number of hydrogen-bond donors (Lipinski definition) is 1. The number of rotatable bonds is 6. The van der Waals surface area contributed by atoms with Crippen molar-refractivity contribution in [2.45, 2.75) is 54.6 Å².